The van der Waals surface area contributed by atoms with Gasteiger partial charge in [0.2, 0.25) is 5.13 Å². The summed E-state index contributed by atoms with van der Waals surface area (Å²) in [6.45, 7) is 3.82. The van der Waals surface area contributed by atoms with Crippen molar-refractivity contribution in [2.45, 2.75) is 31.2 Å². The number of nitrogens with one attached hydrogen (secondary N) is 2. The second-order valence-electron chi connectivity index (χ2n) is 4.55. The van der Waals surface area contributed by atoms with Gasteiger partial charge in [-0.15, -0.1) is 10.2 Å². The number of hydrogen-bond acceptors (Lipinski definition) is 6. The first-order chi connectivity index (χ1) is 9.96. The van der Waals surface area contributed by atoms with Gasteiger partial charge in [-0.2, -0.15) is 0 Å². The Morgan fingerprint density at radius 3 is 2.67 bits per heavy atom. The second kappa shape index (κ2) is 6.50. The Bertz CT molecular complexity index is 708. The first-order valence-corrected chi connectivity index (χ1v) is 8.86. The fourth-order valence-electron chi connectivity index (χ4n) is 2.02. The lowest BCUT2D eigenvalue weighted by atomic mass is 10.1. The number of aromatic nitrogens is 2. The topological polar surface area (TPSA) is 84.0 Å². The molecule has 8 heteroatoms. The van der Waals surface area contributed by atoms with Gasteiger partial charge in [0.25, 0.3) is 10.0 Å². The lowest BCUT2D eigenvalue weighted by Crippen LogP contribution is -2.17. The summed E-state index contributed by atoms with van der Waals surface area (Å²) in [5.74, 6) is 0. The summed E-state index contributed by atoms with van der Waals surface area (Å²) in [6.07, 6.45) is 0.878. The Labute approximate surface area is 128 Å². The van der Waals surface area contributed by atoms with E-state index < -0.39 is 10.0 Å². The van der Waals surface area contributed by atoms with E-state index >= 15 is 0 Å². The van der Waals surface area contributed by atoms with E-state index in [1.165, 1.54) is 11.3 Å². The molecule has 2 aromatic rings. The largest absolute Gasteiger partial charge is 0.313 e. The number of anilines is 1. The third kappa shape index (κ3) is 3.78. The number of sulfonamides is 1. The van der Waals surface area contributed by atoms with Crippen molar-refractivity contribution in [3.05, 3.63) is 34.8 Å². The summed E-state index contributed by atoms with van der Waals surface area (Å²) in [5.41, 5.74) is 0.941. The third-order valence-corrected chi connectivity index (χ3v) is 5.30. The van der Waals surface area contributed by atoms with Crippen LogP contribution >= 0.6 is 11.3 Å². The normalized spacial score (nSPS) is 13.1. The van der Waals surface area contributed by atoms with E-state index in [-0.39, 0.29) is 16.1 Å². The number of hydrogen-bond donors (Lipinski definition) is 2. The van der Waals surface area contributed by atoms with Gasteiger partial charge in [-0.1, -0.05) is 30.4 Å². The van der Waals surface area contributed by atoms with Crippen molar-refractivity contribution in [3.8, 4) is 0 Å². The van der Waals surface area contributed by atoms with Crippen molar-refractivity contribution in [1.82, 2.24) is 15.5 Å². The molecule has 0 aliphatic carbocycles. The lowest BCUT2D eigenvalue weighted by molar-refractivity contribution is 0.574. The minimum absolute atomic E-state index is 0.129. The smallest absolute Gasteiger partial charge is 0.263 e. The van der Waals surface area contributed by atoms with E-state index in [2.05, 4.69) is 20.2 Å². The number of rotatable bonds is 6. The van der Waals surface area contributed by atoms with Crippen LogP contribution in [0.25, 0.3) is 0 Å². The second-order valence-corrected chi connectivity index (χ2v) is 7.42. The number of nitrogens with zero attached hydrogens (tertiary/aromatic N) is 2. The van der Waals surface area contributed by atoms with Gasteiger partial charge in [-0.05, 0) is 38.1 Å². The molecule has 0 fully saturated rings. The molecule has 0 saturated carbocycles. The van der Waals surface area contributed by atoms with Gasteiger partial charge in [0.05, 0.1) is 4.90 Å². The predicted octanol–water partition coefficient (Wildman–Crippen LogP) is 2.32. The average molecular weight is 326 g/mol. The van der Waals surface area contributed by atoms with Crippen LogP contribution in [-0.4, -0.2) is 25.7 Å². The van der Waals surface area contributed by atoms with E-state index in [1.54, 1.807) is 25.1 Å². The molecule has 0 spiro atoms. The van der Waals surface area contributed by atoms with Gasteiger partial charge >= 0.3 is 0 Å². The first kappa shape index (κ1) is 15.9. The van der Waals surface area contributed by atoms with Gasteiger partial charge in [0.1, 0.15) is 5.01 Å². The maximum Gasteiger partial charge on any atom is 0.263 e. The van der Waals surface area contributed by atoms with Crippen LogP contribution < -0.4 is 10.0 Å². The summed E-state index contributed by atoms with van der Waals surface area (Å²) < 4.78 is 27.2. The molecule has 21 heavy (non-hydrogen) atoms. The van der Waals surface area contributed by atoms with Crippen molar-refractivity contribution in [2.75, 3.05) is 11.8 Å². The molecule has 0 bridgehead atoms. The molecule has 0 aliphatic rings. The molecule has 0 aliphatic heterocycles. The van der Waals surface area contributed by atoms with Gasteiger partial charge < -0.3 is 5.32 Å². The molecule has 114 valence electrons. The van der Waals surface area contributed by atoms with Gasteiger partial charge in [0.15, 0.2) is 0 Å². The van der Waals surface area contributed by atoms with Crippen LogP contribution in [0, 0.1) is 6.92 Å². The molecular formula is C13H18N4O2S2. The van der Waals surface area contributed by atoms with Gasteiger partial charge in [-0.25, -0.2) is 8.42 Å². The van der Waals surface area contributed by atoms with Crippen molar-refractivity contribution >= 4 is 26.5 Å². The standard InChI is InChI=1S/C13H18N4O2S2/c1-4-12(14-3)10-6-5-7-11(8-10)21(18,19)17-13-16-15-9(2)20-13/h5-8,12,14H,4H2,1-3H3,(H,16,17). The average Bonchev–Trinajstić information content (AvgIpc) is 2.85. The molecule has 0 radical (unpaired) electrons. The van der Waals surface area contributed by atoms with E-state index in [1.807, 2.05) is 20.0 Å². The highest BCUT2D eigenvalue weighted by Crippen LogP contribution is 2.23. The SMILES string of the molecule is CCC(NC)c1cccc(S(=O)(=O)Nc2nnc(C)s2)c1. The monoisotopic (exact) mass is 326 g/mol. The third-order valence-electron chi connectivity index (χ3n) is 3.08. The summed E-state index contributed by atoms with van der Waals surface area (Å²) in [7, 11) is -1.78. The zero-order valence-corrected chi connectivity index (χ0v) is 13.8. The van der Waals surface area contributed by atoms with Crippen LogP contribution in [0.15, 0.2) is 29.2 Å². The van der Waals surface area contributed by atoms with Crippen LogP contribution in [0.3, 0.4) is 0 Å². The fraction of sp³-hybridized carbons (Fsp3) is 0.385. The number of aryl methyl sites for hydroxylation is 1. The summed E-state index contributed by atoms with van der Waals surface area (Å²) in [6, 6.07) is 7.04. The van der Waals surface area contributed by atoms with Crippen LogP contribution in [0.1, 0.15) is 30.0 Å². The molecule has 1 atom stereocenters. The fourth-order valence-corrected chi connectivity index (χ4v) is 3.89. The van der Waals surface area contributed by atoms with E-state index in [0.29, 0.717) is 5.01 Å². The van der Waals surface area contributed by atoms with Crippen molar-refractivity contribution in [3.63, 3.8) is 0 Å². The van der Waals surface area contributed by atoms with E-state index in [4.69, 9.17) is 0 Å². The van der Waals surface area contributed by atoms with E-state index in [9.17, 15) is 8.42 Å². The molecule has 1 unspecified atom stereocenters. The maximum atomic E-state index is 12.4. The summed E-state index contributed by atoms with van der Waals surface area (Å²) in [5, 5.41) is 11.7. The predicted molar refractivity (Wildman–Crippen MR) is 84.0 cm³/mol. The van der Waals surface area contributed by atoms with Crippen molar-refractivity contribution in [1.29, 1.82) is 0 Å². The van der Waals surface area contributed by atoms with E-state index in [0.717, 1.165) is 12.0 Å². The molecule has 2 N–H and O–H groups in total. The summed E-state index contributed by atoms with van der Waals surface area (Å²) in [4.78, 5) is 0.224. The molecular weight excluding hydrogens is 308 g/mol. The van der Waals surface area contributed by atoms with Gasteiger partial charge in [0, 0.05) is 6.04 Å². The van der Waals surface area contributed by atoms with Crippen LogP contribution in [0.2, 0.25) is 0 Å². The number of benzene rings is 1. The lowest BCUT2D eigenvalue weighted by Gasteiger charge is -2.15. The quantitative estimate of drug-likeness (QED) is 0.851. The zero-order chi connectivity index (χ0) is 15.5. The molecule has 0 saturated heterocycles. The molecule has 0 amide bonds. The highest BCUT2D eigenvalue weighted by molar-refractivity contribution is 7.93. The Morgan fingerprint density at radius 1 is 1.33 bits per heavy atom. The van der Waals surface area contributed by atoms with Gasteiger partial charge in [-0.3, -0.25) is 4.72 Å². The minimum atomic E-state index is -3.64. The van der Waals surface area contributed by atoms with Crippen LogP contribution in [-0.2, 0) is 10.0 Å². The molecule has 1 aromatic heterocycles. The maximum absolute atomic E-state index is 12.4. The summed E-state index contributed by atoms with van der Waals surface area (Å²) >= 11 is 1.20. The Balaban J connectivity index is 2.29. The first-order valence-electron chi connectivity index (χ1n) is 6.56. The Hall–Kier alpha value is -1.51. The van der Waals surface area contributed by atoms with Crippen LogP contribution in [0.5, 0.6) is 0 Å². The molecule has 6 nitrogen and oxygen atoms in total. The highest BCUT2D eigenvalue weighted by atomic mass is 32.2. The molecule has 1 heterocycles. The minimum Gasteiger partial charge on any atom is -0.313 e. The van der Waals surface area contributed by atoms with Crippen molar-refractivity contribution in [2.24, 2.45) is 0 Å². The Morgan fingerprint density at radius 2 is 2.10 bits per heavy atom. The zero-order valence-electron chi connectivity index (χ0n) is 12.1. The highest BCUT2D eigenvalue weighted by Gasteiger charge is 2.18. The Kier molecular flexibility index (Phi) is 4.92. The molecule has 1 aromatic carbocycles. The molecule has 2 rings (SSSR count). The van der Waals surface area contributed by atoms with Crippen LogP contribution in [0.4, 0.5) is 5.13 Å². The van der Waals surface area contributed by atoms with Crippen molar-refractivity contribution < 1.29 is 8.42 Å².